The van der Waals surface area contributed by atoms with Crippen LogP contribution >= 0.6 is 0 Å². The molecule has 0 atom stereocenters. The van der Waals surface area contributed by atoms with E-state index in [1.165, 1.54) is 0 Å². The molecule has 0 aromatic heterocycles. The van der Waals surface area contributed by atoms with Gasteiger partial charge in [0.1, 0.15) is 5.69 Å². The van der Waals surface area contributed by atoms with Gasteiger partial charge in [0.05, 0.1) is 5.69 Å². The summed E-state index contributed by atoms with van der Waals surface area (Å²) in [7, 11) is 5.65. The highest BCUT2D eigenvalue weighted by molar-refractivity contribution is 5.65. The Morgan fingerprint density at radius 2 is 1.83 bits per heavy atom. The van der Waals surface area contributed by atoms with Crippen molar-refractivity contribution in [3.63, 3.8) is 0 Å². The van der Waals surface area contributed by atoms with E-state index < -0.39 is 0 Å². The quantitative estimate of drug-likeness (QED) is 0.615. The van der Waals surface area contributed by atoms with Crippen LogP contribution in [0, 0.1) is 0 Å². The fraction of sp³-hybridized carbons (Fsp3) is 0.333. The predicted octanol–water partition coefficient (Wildman–Crippen LogP) is 2.47. The maximum Gasteiger partial charge on any atom is 0.108 e. The Bertz CT molecular complexity index is 279. The average Bonchev–Trinajstić information content (AvgIpc) is 2.05. The summed E-state index contributed by atoms with van der Waals surface area (Å²) in [4.78, 5) is 2.02. The molecule has 0 N–H and O–H groups in total. The average molecular weight is 163 g/mol. The summed E-state index contributed by atoms with van der Waals surface area (Å²) >= 11 is 0. The maximum absolute atomic E-state index is 4.01. The second-order valence-electron chi connectivity index (χ2n) is 2.68. The molecule has 0 heterocycles. The van der Waals surface area contributed by atoms with E-state index in [4.69, 9.17) is 0 Å². The van der Waals surface area contributed by atoms with E-state index in [0.717, 1.165) is 11.4 Å². The minimum absolute atomic E-state index is 0.907. The van der Waals surface area contributed by atoms with Gasteiger partial charge in [-0.1, -0.05) is 12.1 Å². The summed E-state index contributed by atoms with van der Waals surface area (Å²) in [5, 5.41) is 7.76. The Hall–Kier alpha value is -1.38. The molecule has 64 valence electrons. The van der Waals surface area contributed by atoms with Crippen LogP contribution in [0.25, 0.3) is 0 Å². The molecule has 1 aromatic rings. The Balaban J connectivity index is 3.08. The largest absolute Gasteiger partial charge is 0.376 e. The fourth-order valence-electron chi connectivity index (χ4n) is 1.03. The summed E-state index contributed by atoms with van der Waals surface area (Å²) < 4.78 is 0. The lowest BCUT2D eigenvalue weighted by molar-refractivity contribution is 1.10. The third kappa shape index (κ3) is 1.81. The highest BCUT2D eigenvalue weighted by Gasteiger charge is 2.00. The van der Waals surface area contributed by atoms with E-state index in [1.54, 1.807) is 7.05 Å². The fourth-order valence-corrected chi connectivity index (χ4v) is 1.03. The van der Waals surface area contributed by atoms with Gasteiger partial charge in [-0.2, -0.15) is 10.2 Å². The molecule has 0 saturated heterocycles. The van der Waals surface area contributed by atoms with Gasteiger partial charge in [0.25, 0.3) is 0 Å². The molecule has 0 saturated carbocycles. The molecule has 0 bridgehead atoms. The van der Waals surface area contributed by atoms with Gasteiger partial charge in [-0.3, -0.25) is 0 Å². The summed E-state index contributed by atoms with van der Waals surface area (Å²) in [5.74, 6) is 0. The molecule has 0 spiro atoms. The van der Waals surface area contributed by atoms with Crippen molar-refractivity contribution in [2.45, 2.75) is 0 Å². The van der Waals surface area contributed by atoms with Gasteiger partial charge in [0.15, 0.2) is 0 Å². The minimum Gasteiger partial charge on any atom is -0.376 e. The number of anilines is 1. The lowest BCUT2D eigenvalue weighted by Crippen LogP contribution is -2.08. The summed E-state index contributed by atoms with van der Waals surface area (Å²) in [5.41, 5.74) is 1.99. The minimum atomic E-state index is 0.907. The van der Waals surface area contributed by atoms with Crippen LogP contribution in [0.3, 0.4) is 0 Å². The Morgan fingerprint density at radius 1 is 1.17 bits per heavy atom. The number of hydrogen-bond donors (Lipinski definition) is 0. The monoisotopic (exact) mass is 163 g/mol. The van der Waals surface area contributed by atoms with Gasteiger partial charge < -0.3 is 4.90 Å². The van der Waals surface area contributed by atoms with Crippen LogP contribution in [-0.2, 0) is 0 Å². The topological polar surface area (TPSA) is 28.0 Å². The molecule has 0 aliphatic rings. The molecular weight excluding hydrogens is 150 g/mol. The van der Waals surface area contributed by atoms with Crippen molar-refractivity contribution >= 4 is 11.4 Å². The van der Waals surface area contributed by atoms with Crippen LogP contribution in [0.4, 0.5) is 11.4 Å². The van der Waals surface area contributed by atoms with Crippen LogP contribution < -0.4 is 4.90 Å². The molecule has 0 unspecified atom stereocenters. The van der Waals surface area contributed by atoms with Crippen LogP contribution in [0.5, 0.6) is 0 Å². The van der Waals surface area contributed by atoms with Gasteiger partial charge in [0.2, 0.25) is 0 Å². The van der Waals surface area contributed by atoms with Gasteiger partial charge in [-0.25, -0.2) is 0 Å². The molecule has 0 radical (unpaired) electrons. The van der Waals surface area contributed by atoms with E-state index in [1.807, 2.05) is 43.3 Å². The van der Waals surface area contributed by atoms with Crippen LogP contribution in [0.1, 0.15) is 0 Å². The van der Waals surface area contributed by atoms with E-state index in [9.17, 15) is 0 Å². The predicted molar refractivity (Wildman–Crippen MR) is 51.2 cm³/mol. The van der Waals surface area contributed by atoms with Gasteiger partial charge in [0, 0.05) is 21.1 Å². The Morgan fingerprint density at radius 3 is 2.42 bits per heavy atom. The highest BCUT2D eigenvalue weighted by Crippen LogP contribution is 2.26. The van der Waals surface area contributed by atoms with Crippen molar-refractivity contribution in [1.29, 1.82) is 0 Å². The van der Waals surface area contributed by atoms with E-state index in [2.05, 4.69) is 10.2 Å². The van der Waals surface area contributed by atoms with Crippen molar-refractivity contribution in [2.24, 2.45) is 10.2 Å². The first kappa shape index (κ1) is 8.71. The first-order valence-electron chi connectivity index (χ1n) is 3.82. The van der Waals surface area contributed by atoms with Crippen LogP contribution in [0.2, 0.25) is 0 Å². The van der Waals surface area contributed by atoms with Gasteiger partial charge in [-0.15, -0.1) is 0 Å². The molecule has 12 heavy (non-hydrogen) atoms. The molecule has 0 aliphatic heterocycles. The molecule has 1 rings (SSSR count). The van der Waals surface area contributed by atoms with E-state index in [0.29, 0.717) is 0 Å². The zero-order valence-electron chi connectivity index (χ0n) is 7.65. The van der Waals surface area contributed by atoms with Crippen molar-refractivity contribution in [2.75, 3.05) is 26.0 Å². The van der Waals surface area contributed by atoms with Crippen LogP contribution in [0.15, 0.2) is 34.5 Å². The number of rotatable bonds is 2. The standard InChI is InChI=1S/C9H13N3/c1-10-11-8-6-4-5-7-9(8)12(2)3/h4-7H,1-3H3. The molecule has 3 heteroatoms. The number of hydrogen-bond acceptors (Lipinski definition) is 3. The normalized spacial score (nSPS) is 10.6. The highest BCUT2D eigenvalue weighted by atomic mass is 15.1. The molecule has 0 aliphatic carbocycles. The number of para-hydroxylation sites is 1. The Kier molecular flexibility index (Phi) is 2.80. The summed E-state index contributed by atoms with van der Waals surface area (Å²) in [6.45, 7) is 0. The third-order valence-corrected chi connectivity index (χ3v) is 1.57. The summed E-state index contributed by atoms with van der Waals surface area (Å²) in [6, 6.07) is 7.91. The van der Waals surface area contributed by atoms with Gasteiger partial charge in [-0.05, 0) is 12.1 Å². The summed E-state index contributed by atoms with van der Waals surface area (Å²) in [6.07, 6.45) is 0. The number of nitrogens with zero attached hydrogens (tertiary/aromatic N) is 3. The van der Waals surface area contributed by atoms with Gasteiger partial charge >= 0.3 is 0 Å². The lowest BCUT2D eigenvalue weighted by atomic mass is 10.2. The first-order chi connectivity index (χ1) is 5.75. The molecule has 0 amide bonds. The third-order valence-electron chi connectivity index (χ3n) is 1.57. The maximum atomic E-state index is 4.01. The number of benzene rings is 1. The SMILES string of the molecule is CN=Nc1ccccc1N(C)C. The molecule has 3 nitrogen and oxygen atoms in total. The van der Waals surface area contributed by atoms with Crippen LogP contribution in [-0.4, -0.2) is 21.1 Å². The second kappa shape index (κ2) is 3.85. The van der Waals surface area contributed by atoms with E-state index >= 15 is 0 Å². The van der Waals surface area contributed by atoms with Crippen molar-refractivity contribution in [3.05, 3.63) is 24.3 Å². The zero-order valence-corrected chi connectivity index (χ0v) is 7.65. The second-order valence-corrected chi connectivity index (χ2v) is 2.68. The first-order valence-corrected chi connectivity index (χ1v) is 3.82. The van der Waals surface area contributed by atoms with Crippen molar-refractivity contribution < 1.29 is 0 Å². The smallest absolute Gasteiger partial charge is 0.108 e. The molecule has 1 aromatic carbocycles. The lowest BCUT2D eigenvalue weighted by Gasteiger charge is -2.13. The van der Waals surface area contributed by atoms with Crippen molar-refractivity contribution in [3.8, 4) is 0 Å². The molecular formula is C9H13N3. The Labute approximate surface area is 72.7 Å². The number of azo groups is 1. The molecule has 0 fully saturated rings. The zero-order chi connectivity index (χ0) is 8.97. The van der Waals surface area contributed by atoms with E-state index in [-0.39, 0.29) is 0 Å². The van der Waals surface area contributed by atoms with Crippen molar-refractivity contribution in [1.82, 2.24) is 0 Å².